The Kier molecular flexibility index (Phi) is 5.57. The molecule has 1 aromatic rings. The van der Waals surface area contributed by atoms with Gasteiger partial charge in [0.1, 0.15) is 0 Å². The molecule has 0 bridgehead atoms. The number of carbonyl (C=O) groups excluding carboxylic acids is 1. The van der Waals surface area contributed by atoms with E-state index in [1.165, 1.54) is 0 Å². The third-order valence-corrected chi connectivity index (χ3v) is 3.14. The molecule has 1 aromatic carbocycles. The number of esters is 1. The highest BCUT2D eigenvalue weighted by Gasteiger charge is 2.34. The van der Waals surface area contributed by atoms with Crippen molar-refractivity contribution in [3.63, 3.8) is 0 Å². The van der Waals surface area contributed by atoms with Crippen molar-refractivity contribution >= 4 is 21.9 Å². The van der Waals surface area contributed by atoms with Crippen molar-refractivity contribution in [3.05, 3.63) is 34.4 Å². The van der Waals surface area contributed by atoms with Crippen LogP contribution in [0.25, 0.3) is 0 Å². The average Bonchev–Trinajstić information content (AvgIpc) is 2.37. The summed E-state index contributed by atoms with van der Waals surface area (Å²) in [6.45, 7) is 1.65. The SMILES string of the molecule is CCOC(=O)Cc1cc(C#N)c(CBr)cc1C(F)(F)F. The highest BCUT2D eigenvalue weighted by Crippen LogP contribution is 2.34. The van der Waals surface area contributed by atoms with Gasteiger partial charge in [0.2, 0.25) is 0 Å². The first-order chi connectivity index (χ1) is 9.33. The Morgan fingerprint density at radius 2 is 2.05 bits per heavy atom. The summed E-state index contributed by atoms with van der Waals surface area (Å²) in [5, 5.41) is 9.06. The lowest BCUT2D eigenvalue weighted by Crippen LogP contribution is -2.15. The molecule has 0 spiro atoms. The van der Waals surface area contributed by atoms with E-state index in [1.807, 2.05) is 6.07 Å². The number of benzene rings is 1. The van der Waals surface area contributed by atoms with Gasteiger partial charge in [-0.15, -0.1) is 0 Å². The maximum absolute atomic E-state index is 13.0. The number of nitriles is 1. The summed E-state index contributed by atoms with van der Waals surface area (Å²) >= 11 is 3.04. The number of ether oxygens (including phenoxy) is 1. The Labute approximate surface area is 122 Å². The molecule has 0 aliphatic heterocycles. The molecule has 7 heteroatoms. The molecule has 0 aromatic heterocycles. The van der Waals surface area contributed by atoms with E-state index < -0.39 is 24.1 Å². The quantitative estimate of drug-likeness (QED) is 0.616. The number of halogens is 4. The Bertz CT molecular complexity index is 550. The first kappa shape index (κ1) is 16.5. The second-order valence-electron chi connectivity index (χ2n) is 3.89. The van der Waals surface area contributed by atoms with E-state index in [0.717, 1.165) is 12.1 Å². The van der Waals surface area contributed by atoms with Gasteiger partial charge in [0.15, 0.2) is 0 Å². The van der Waals surface area contributed by atoms with Gasteiger partial charge < -0.3 is 4.74 Å². The Morgan fingerprint density at radius 1 is 1.40 bits per heavy atom. The Morgan fingerprint density at radius 3 is 2.50 bits per heavy atom. The lowest BCUT2D eigenvalue weighted by atomic mass is 9.97. The molecule has 0 aliphatic carbocycles. The normalized spacial score (nSPS) is 11.0. The smallest absolute Gasteiger partial charge is 0.416 e. The van der Waals surface area contributed by atoms with Gasteiger partial charge in [-0.05, 0) is 30.2 Å². The summed E-state index contributed by atoms with van der Waals surface area (Å²) in [7, 11) is 0. The van der Waals surface area contributed by atoms with Crippen LogP contribution in [0.15, 0.2) is 12.1 Å². The van der Waals surface area contributed by atoms with Crippen LogP contribution < -0.4 is 0 Å². The molecule has 0 radical (unpaired) electrons. The molecule has 1 rings (SSSR count). The molecule has 0 saturated heterocycles. The van der Waals surface area contributed by atoms with Crippen molar-refractivity contribution in [1.82, 2.24) is 0 Å². The third-order valence-electron chi connectivity index (χ3n) is 2.54. The van der Waals surface area contributed by atoms with Gasteiger partial charge in [-0.1, -0.05) is 15.9 Å². The van der Waals surface area contributed by atoms with Gasteiger partial charge in [-0.25, -0.2) is 0 Å². The van der Waals surface area contributed by atoms with Gasteiger partial charge in [0, 0.05) is 5.33 Å². The number of alkyl halides is 4. The van der Waals surface area contributed by atoms with Crippen molar-refractivity contribution < 1.29 is 22.7 Å². The fraction of sp³-hybridized carbons (Fsp3) is 0.385. The topological polar surface area (TPSA) is 50.1 Å². The van der Waals surface area contributed by atoms with E-state index >= 15 is 0 Å². The van der Waals surface area contributed by atoms with Gasteiger partial charge in [-0.2, -0.15) is 18.4 Å². The van der Waals surface area contributed by atoms with Crippen LogP contribution >= 0.6 is 15.9 Å². The number of carbonyl (C=O) groups is 1. The molecular formula is C13H11BrF3NO2. The minimum atomic E-state index is -4.59. The molecule has 0 amide bonds. The number of nitrogens with zero attached hydrogens (tertiary/aromatic N) is 1. The van der Waals surface area contributed by atoms with Gasteiger partial charge in [-0.3, -0.25) is 4.79 Å². The second kappa shape index (κ2) is 6.75. The van der Waals surface area contributed by atoms with Crippen LogP contribution in [0.4, 0.5) is 13.2 Å². The molecule has 0 heterocycles. The van der Waals surface area contributed by atoms with E-state index in [0.29, 0.717) is 0 Å². The van der Waals surface area contributed by atoms with Crippen LogP contribution in [0.2, 0.25) is 0 Å². The summed E-state index contributed by atoms with van der Waals surface area (Å²) in [4.78, 5) is 11.4. The molecule has 0 aliphatic rings. The van der Waals surface area contributed by atoms with E-state index in [2.05, 4.69) is 20.7 Å². The maximum Gasteiger partial charge on any atom is 0.416 e. The van der Waals surface area contributed by atoms with E-state index in [9.17, 15) is 18.0 Å². The molecule has 0 saturated carbocycles. The minimum Gasteiger partial charge on any atom is -0.466 e. The lowest BCUT2D eigenvalue weighted by Gasteiger charge is -2.15. The molecule has 0 N–H and O–H groups in total. The molecule has 0 atom stereocenters. The van der Waals surface area contributed by atoms with Gasteiger partial charge in [0.05, 0.1) is 30.2 Å². The van der Waals surface area contributed by atoms with E-state index in [1.54, 1.807) is 6.92 Å². The lowest BCUT2D eigenvalue weighted by molar-refractivity contribution is -0.143. The molecule has 20 heavy (non-hydrogen) atoms. The monoisotopic (exact) mass is 349 g/mol. The third kappa shape index (κ3) is 3.97. The zero-order valence-electron chi connectivity index (χ0n) is 10.6. The van der Waals surface area contributed by atoms with E-state index in [4.69, 9.17) is 5.26 Å². The van der Waals surface area contributed by atoms with Crippen LogP contribution in [0, 0.1) is 11.3 Å². The minimum absolute atomic E-state index is 0.0881. The van der Waals surface area contributed by atoms with Gasteiger partial charge >= 0.3 is 12.1 Å². The van der Waals surface area contributed by atoms with Crippen LogP contribution in [0.5, 0.6) is 0 Å². The van der Waals surface area contributed by atoms with Crippen molar-refractivity contribution in [2.75, 3.05) is 6.61 Å². The molecule has 0 unspecified atom stereocenters. The first-order valence-electron chi connectivity index (χ1n) is 5.68. The van der Waals surface area contributed by atoms with Crippen molar-refractivity contribution in [2.45, 2.75) is 24.9 Å². The van der Waals surface area contributed by atoms with Crippen LogP contribution in [0.3, 0.4) is 0 Å². The van der Waals surface area contributed by atoms with Crippen molar-refractivity contribution in [1.29, 1.82) is 5.26 Å². The Balaban J connectivity index is 3.32. The van der Waals surface area contributed by atoms with Crippen molar-refractivity contribution in [3.8, 4) is 6.07 Å². The fourth-order valence-corrected chi connectivity index (χ4v) is 2.15. The summed E-state index contributed by atoms with van der Waals surface area (Å²) in [6.07, 6.45) is -5.10. The van der Waals surface area contributed by atoms with Crippen LogP contribution in [-0.4, -0.2) is 12.6 Å². The van der Waals surface area contributed by atoms with Crippen molar-refractivity contribution in [2.24, 2.45) is 0 Å². The average molecular weight is 350 g/mol. The summed E-state index contributed by atoms with van der Waals surface area (Å²) < 4.78 is 43.6. The summed E-state index contributed by atoms with van der Waals surface area (Å²) in [5.41, 5.74) is -0.835. The number of hydrogen-bond acceptors (Lipinski definition) is 3. The second-order valence-corrected chi connectivity index (χ2v) is 4.45. The van der Waals surface area contributed by atoms with E-state index in [-0.39, 0.29) is 28.6 Å². The summed E-state index contributed by atoms with van der Waals surface area (Å²) in [6, 6.07) is 3.81. The molecule has 3 nitrogen and oxygen atoms in total. The maximum atomic E-state index is 13.0. The number of hydrogen-bond donors (Lipinski definition) is 0. The highest BCUT2D eigenvalue weighted by molar-refractivity contribution is 9.08. The van der Waals surface area contributed by atoms with Crippen LogP contribution in [-0.2, 0) is 27.5 Å². The first-order valence-corrected chi connectivity index (χ1v) is 6.80. The zero-order chi connectivity index (χ0) is 15.3. The zero-order valence-corrected chi connectivity index (χ0v) is 12.1. The molecule has 0 fully saturated rings. The Hall–Kier alpha value is -1.55. The van der Waals surface area contributed by atoms with Crippen LogP contribution in [0.1, 0.15) is 29.2 Å². The largest absolute Gasteiger partial charge is 0.466 e. The standard InChI is InChI=1S/C13H11BrF3NO2/c1-2-20-12(19)5-8-3-10(7-18)9(6-14)4-11(8)13(15,16)17/h3-4H,2,5-6H2,1H3. The summed E-state index contributed by atoms with van der Waals surface area (Å²) in [5.74, 6) is -0.756. The molecular weight excluding hydrogens is 339 g/mol. The molecule has 108 valence electrons. The predicted octanol–water partition coefficient (Wildman–Crippen LogP) is 3.58. The van der Waals surface area contributed by atoms with Gasteiger partial charge in [0.25, 0.3) is 0 Å². The number of rotatable bonds is 4. The fourth-order valence-electron chi connectivity index (χ4n) is 1.68. The highest BCUT2D eigenvalue weighted by atomic mass is 79.9. The predicted molar refractivity (Wildman–Crippen MR) is 69.1 cm³/mol.